The van der Waals surface area contributed by atoms with E-state index in [0.29, 0.717) is 18.6 Å². The number of rotatable bonds is 2. The standard InChI is InChI=1S/C8H16N2O/c1-5(2)7(10)8(11)3-6(9)4-8/h5-6,10-11H,3-4,9H2,1-2H3. The van der Waals surface area contributed by atoms with E-state index in [9.17, 15) is 5.11 Å². The third-order valence-corrected chi connectivity index (χ3v) is 2.28. The van der Waals surface area contributed by atoms with E-state index in [0.717, 1.165) is 0 Å². The van der Waals surface area contributed by atoms with Crippen molar-refractivity contribution in [2.75, 3.05) is 0 Å². The van der Waals surface area contributed by atoms with Crippen molar-refractivity contribution in [3.63, 3.8) is 0 Å². The first-order valence-corrected chi connectivity index (χ1v) is 4.02. The molecule has 11 heavy (non-hydrogen) atoms. The number of hydrogen-bond acceptors (Lipinski definition) is 3. The minimum atomic E-state index is -0.867. The molecule has 0 aromatic carbocycles. The maximum Gasteiger partial charge on any atom is 0.105 e. The highest BCUT2D eigenvalue weighted by Crippen LogP contribution is 2.33. The Morgan fingerprint density at radius 2 is 2.09 bits per heavy atom. The van der Waals surface area contributed by atoms with Crippen LogP contribution in [0.25, 0.3) is 0 Å². The molecule has 0 spiro atoms. The van der Waals surface area contributed by atoms with E-state index < -0.39 is 5.60 Å². The van der Waals surface area contributed by atoms with Gasteiger partial charge in [0.05, 0.1) is 0 Å². The highest BCUT2D eigenvalue weighted by atomic mass is 16.3. The zero-order valence-corrected chi connectivity index (χ0v) is 7.09. The quantitative estimate of drug-likeness (QED) is 0.510. The summed E-state index contributed by atoms with van der Waals surface area (Å²) in [5, 5.41) is 17.3. The molecule has 0 amide bonds. The summed E-state index contributed by atoms with van der Waals surface area (Å²) in [7, 11) is 0. The zero-order valence-electron chi connectivity index (χ0n) is 7.09. The fraction of sp³-hybridized carbons (Fsp3) is 0.875. The largest absolute Gasteiger partial charge is 0.384 e. The number of nitrogens with one attached hydrogen (secondary N) is 1. The van der Waals surface area contributed by atoms with E-state index in [4.69, 9.17) is 11.1 Å². The molecule has 0 saturated heterocycles. The normalized spacial score (nSPS) is 37.0. The molecule has 3 nitrogen and oxygen atoms in total. The molecule has 0 bridgehead atoms. The average Bonchev–Trinajstić information content (AvgIpc) is 1.83. The van der Waals surface area contributed by atoms with Crippen molar-refractivity contribution in [2.24, 2.45) is 11.7 Å². The SMILES string of the molecule is CC(C)C(=N)C1(O)CC(N)C1. The Bertz CT molecular complexity index is 171. The monoisotopic (exact) mass is 156 g/mol. The summed E-state index contributed by atoms with van der Waals surface area (Å²) in [6.45, 7) is 3.84. The van der Waals surface area contributed by atoms with E-state index in [1.807, 2.05) is 13.8 Å². The molecular formula is C8H16N2O. The summed E-state index contributed by atoms with van der Waals surface area (Å²) in [5.74, 6) is 0.132. The highest BCUT2D eigenvalue weighted by Gasteiger charge is 2.44. The first-order chi connectivity index (χ1) is 4.96. The van der Waals surface area contributed by atoms with Gasteiger partial charge in [-0.2, -0.15) is 0 Å². The van der Waals surface area contributed by atoms with Crippen LogP contribution in [0.5, 0.6) is 0 Å². The minimum Gasteiger partial charge on any atom is -0.384 e. The van der Waals surface area contributed by atoms with Crippen molar-refractivity contribution in [3.8, 4) is 0 Å². The topological polar surface area (TPSA) is 70.1 Å². The van der Waals surface area contributed by atoms with Crippen LogP contribution in [0.15, 0.2) is 0 Å². The fourth-order valence-electron chi connectivity index (χ4n) is 1.56. The van der Waals surface area contributed by atoms with Gasteiger partial charge in [0.25, 0.3) is 0 Å². The van der Waals surface area contributed by atoms with E-state index >= 15 is 0 Å². The van der Waals surface area contributed by atoms with Crippen LogP contribution in [0.1, 0.15) is 26.7 Å². The molecule has 0 radical (unpaired) electrons. The minimum absolute atomic E-state index is 0.0964. The van der Waals surface area contributed by atoms with Crippen LogP contribution in [-0.4, -0.2) is 22.5 Å². The Morgan fingerprint density at radius 1 is 1.64 bits per heavy atom. The van der Waals surface area contributed by atoms with Gasteiger partial charge in [-0.25, -0.2) is 0 Å². The molecule has 4 N–H and O–H groups in total. The smallest absolute Gasteiger partial charge is 0.105 e. The summed E-state index contributed by atoms with van der Waals surface area (Å²) in [5.41, 5.74) is 5.10. The molecule has 0 atom stereocenters. The fourth-order valence-corrected chi connectivity index (χ4v) is 1.56. The lowest BCUT2D eigenvalue weighted by molar-refractivity contribution is 0.0138. The summed E-state index contributed by atoms with van der Waals surface area (Å²) < 4.78 is 0. The van der Waals surface area contributed by atoms with Crippen molar-refractivity contribution >= 4 is 5.71 Å². The zero-order chi connectivity index (χ0) is 8.65. The van der Waals surface area contributed by atoms with Gasteiger partial charge in [0.15, 0.2) is 0 Å². The van der Waals surface area contributed by atoms with Crippen LogP contribution in [0.4, 0.5) is 0 Å². The van der Waals surface area contributed by atoms with Crippen LogP contribution in [-0.2, 0) is 0 Å². The molecule has 1 saturated carbocycles. The van der Waals surface area contributed by atoms with E-state index in [2.05, 4.69) is 0 Å². The molecule has 0 aromatic heterocycles. The van der Waals surface area contributed by atoms with Crippen LogP contribution in [0.2, 0.25) is 0 Å². The van der Waals surface area contributed by atoms with Gasteiger partial charge in [0, 0.05) is 11.8 Å². The molecule has 1 aliphatic carbocycles. The van der Waals surface area contributed by atoms with Crippen molar-refractivity contribution in [1.82, 2.24) is 0 Å². The predicted molar refractivity (Wildman–Crippen MR) is 44.7 cm³/mol. The lowest BCUT2D eigenvalue weighted by atomic mass is 9.70. The maximum atomic E-state index is 9.71. The van der Waals surface area contributed by atoms with Crippen LogP contribution in [0.3, 0.4) is 0 Å². The molecule has 3 heteroatoms. The summed E-state index contributed by atoms with van der Waals surface area (Å²) in [6.07, 6.45) is 1.12. The van der Waals surface area contributed by atoms with Gasteiger partial charge in [-0.15, -0.1) is 0 Å². The van der Waals surface area contributed by atoms with Crippen LogP contribution < -0.4 is 5.73 Å². The second-order valence-electron chi connectivity index (χ2n) is 3.77. The number of aliphatic hydroxyl groups is 1. The van der Waals surface area contributed by atoms with Gasteiger partial charge in [-0.05, 0) is 18.8 Å². The summed E-state index contributed by atoms with van der Waals surface area (Å²) in [6, 6.07) is 0.0964. The average molecular weight is 156 g/mol. The third-order valence-electron chi connectivity index (χ3n) is 2.28. The Kier molecular flexibility index (Phi) is 2.03. The first kappa shape index (κ1) is 8.68. The van der Waals surface area contributed by atoms with Gasteiger partial charge in [-0.1, -0.05) is 13.8 Å². The van der Waals surface area contributed by atoms with Crippen molar-refractivity contribution in [2.45, 2.75) is 38.3 Å². The summed E-state index contributed by atoms with van der Waals surface area (Å²) in [4.78, 5) is 0. The van der Waals surface area contributed by atoms with Gasteiger partial charge in [0.1, 0.15) is 5.60 Å². The Balaban J connectivity index is 2.54. The second-order valence-corrected chi connectivity index (χ2v) is 3.77. The molecule has 0 aliphatic heterocycles. The molecule has 0 unspecified atom stereocenters. The lowest BCUT2D eigenvalue weighted by Crippen LogP contribution is -2.57. The Hall–Kier alpha value is -0.410. The predicted octanol–water partition coefficient (Wildman–Crippen LogP) is 0.514. The van der Waals surface area contributed by atoms with Crippen molar-refractivity contribution in [3.05, 3.63) is 0 Å². The van der Waals surface area contributed by atoms with Gasteiger partial charge in [0.2, 0.25) is 0 Å². The van der Waals surface area contributed by atoms with Gasteiger partial charge >= 0.3 is 0 Å². The van der Waals surface area contributed by atoms with Crippen molar-refractivity contribution < 1.29 is 5.11 Å². The van der Waals surface area contributed by atoms with E-state index in [1.165, 1.54) is 0 Å². The lowest BCUT2D eigenvalue weighted by Gasteiger charge is -2.43. The number of hydrogen-bond donors (Lipinski definition) is 3. The summed E-state index contributed by atoms with van der Waals surface area (Å²) >= 11 is 0. The third kappa shape index (κ3) is 1.44. The number of nitrogens with two attached hydrogens (primary N) is 1. The van der Waals surface area contributed by atoms with Crippen molar-refractivity contribution in [1.29, 1.82) is 5.41 Å². The van der Waals surface area contributed by atoms with E-state index in [1.54, 1.807) is 0 Å². The first-order valence-electron chi connectivity index (χ1n) is 4.02. The molecule has 1 rings (SSSR count). The van der Waals surface area contributed by atoms with Gasteiger partial charge in [-0.3, -0.25) is 0 Å². The van der Waals surface area contributed by atoms with Crippen LogP contribution >= 0.6 is 0 Å². The van der Waals surface area contributed by atoms with Gasteiger partial charge < -0.3 is 16.2 Å². The molecule has 64 valence electrons. The van der Waals surface area contributed by atoms with E-state index in [-0.39, 0.29) is 12.0 Å². The molecule has 0 heterocycles. The molecular weight excluding hydrogens is 140 g/mol. The molecule has 0 aromatic rings. The highest BCUT2D eigenvalue weighted by molar-refractivity contribution is 5.92. The Morgan fingerprint density at radius 3 is 2.36 bits per heavy atom. The molecule has 1 fully saturated rings. The second kappa shape index (κ2) is 2.57. The maximum absolute atomic E-state index is 9.71. The molecule has 1 aliphatic rings. The van der Waals surface area contributed by atoms with Crippen LogP contribution in [0, 0.1) is 11.3 Å². The Labute approximate surface area is 67.1 Å².